The van der Waals surface area contributed by atoms with Gasteiger partial charge in [0.05, 0.1) is 7.11 Å². The molecule has 0 aromatic rings. The first-order chi connectivity index (χ1) is 1.91. The van der Waals surface area contributed by atoms with Crippen LogP contribution in [0.4, 0.5) is 0 Å². The average Bonchev–Trinajstić information content (AvgIpc) is 1.37. The Hall–Kier alpha value is -0.610. The fourth-order valence-electron chi connectivity index (χ4n) is 0. The first kappa shape index (κ1) is 18.2. The van der Waals surface area contributed by atoms with Crippen LogP contribution in [0.5, 0.6) is 0 Å². The fraction of sp³-hybridized carbons (Fsp3) is 0.500. The van der Waals surface area contributed by atoms with Crippen LogP contribution in [0.3, 0.4) is 0 Å². The monoisotopic (exact) mass is 94.1 g/mol. The zero-order chi connectivity index (χ0) is 3.41. The van der Waals surface area contributed by atoms with Crippen LogP contribution < -0.4 is 12.3 Å². The van der Waals surface area contributed by atoms with Crippen LogP contribution in [0, 0.1) is 0 Å². The molecule has 0 rings (SSSR count). The predicted molar refractivity (Wildman–Crippen MR) is 23.1 cm³/mol. The lowest BCUT2D eigenvalue weighted by atomic mass is 11.5. The fourth-order valence-corrected chi connectivity index (χ4v) is 0. The Bertz CT molecular complexity index is 23.5. The van der Waals surface area contributed by atoms with Gasteiger partial charge in [-0.2, -0.15) is 0 Å². The van der Waals surface area contributed by atoms with Gasteiger partial charge >= 0.3 is 0 Å². The number of hydrogen-bond donors (Lipinski definition) is 2. The molecule has 0 aliphatic rings. The number of rotatable bonds is 1. The molecule has 6 heavy (non-hydrogen) atoms. The van der Waals surface area contributed by atoms with Crippen molar-refractivity contribution in [3.8, 4) is 0 Å². The summed E-state index contributed by atoms with van der Waals surface area (Å²) in [5, 5.41) is 0. The Kier molecular flexibility index (Phi) is 79.1. The van der Waals surface area contributed by atoms with Gasteiger partial charge in [-0.1, -0.05) is 0 Å². The summed E-state index contributed by atoms with van der Waals surface area (Å²) in [5.74, 6) is 0. The van der Waals surface area contributed by atoms with Gasteiger partial charge in [0.25, 0.3) is 6.47 Å². The lowest BCUT2D eigenvalue weighted by Crippen LogP contribution is -1.68. The molecule has 4 heteroatoms. The Labute approximate surface area is 36.7 Å². The van der Waals surface area contributed by atoms with Gasteiger partial charge in [-0.3, -0.25) is 4.79 Å². The summed E-state index contributed by atoms with van der Waals surface area (Å²) in [6, 6.07) is 0. The van der Waals surface area contributed by atoms with E-state index in [0.717, 1.165) is 0 Å². The molecule has 0 aliphatic heterocycles. The van der Waals surface area contributed by atoms with Crippen molar-refractivity contribution in [3.05, 3.63) is 0 Å². The molecule has 0 amide bonds. The van der Waals surface area contributed by atoms with Crippen molar-refractivity contribution in [1.29, 1.82) is 0 Å². The molecule has 0 saturated heterocycles. The smallest absolute Gasteiger partial charge is 0.292 e. The van der Waals surface area contributed by atoms with Gasteiger partial charge in [-0.25, -0.2) is 0 Å². The highest BCUT2D eigenvalue weighted by molar-refractivity contribution is 5.36. The summed E-state index contributed by atoms with van der Waals surface area (Å²) in [6.45, 7) is 0.375. The van der Waals surface area contributed by atoms with Crippen molar-refractivity contribution >= 4 is 6.47 Å². The minimum Gasteiger partial charge on any atom is -0.471 e. The normalized spacial score (nSPS) is 3.50. The van der Waals surface area contributed by atoms with E-state index in [0.29, 0.717) is 6.47 Å². The number of methoxy groups -OCH3 is 1. The predicted octanol–water partition coefficient (Wildman–Crippen LogP) is 0.113. The molecular formula is C2H10N2O2. The minimum atomic E-state index is 0. The molecule has 0 spiro atoms. The summed E-state index contributed by atoms with van der Waals surface area (Å²) in [7, 11) is 1.31. The average molecular weight is 94.1 g/mol. The van der Waals surface area contributed by atoms with Crippen molar-refractivity contribution in [2.24, 2.45) is 0 Å². The molecule has 0 fully saturated rings. The van der Waals surface area contributed by atoms with E-state index >= 15 is 0 Å². The summed E-state index contributed by atoms with van der Waals surface area (Å²) in [5.41, 5.74) is 0. The van der Waals surface area contributed by atoms with Crippen LogP contribution in [-0.4, -0.2) is 13.6 Å². The molecular weight excluding hydrogens is 84.0 g/mol. The third-order valence-electron chi connectivity index (χ3n) is 0.0962. The van der Waals surface area contributed by atoms with Gasteiger partial charge in [0, 0.05) is 0 Å². The van der Waals surface area contributed by atoms with Crippen LogP contribution >= 0.6 is 0 Å². The Balaban J connectivity index is -0.0000000450. The van der Waals surface area contributed by atoms with E-state index in [1.165, 1.54) is 7.11 Å². The first-order valence-corrected chi connectivity index (χ1v) is 0.880. The van der Waals surface area contributed by atoms with E-state index < -0.39 is 0 Å². The molecule has 40 valence electrons. The summed E-state index contributed by atoms with van der Waals surface area (Å²) < 4.78 is 3.86. The zero-order valence-electron chi connectivity index (χ0n) is 3.81. The number of carbonyl (C=O) groups excluding carboxylic acids is 1. The summed E-state index contributed by atoms with van der Waals surface area (Å²) >= 11 is 0. The maximum Gasteiger partial charge on any atom is 0.292 e. The lowest BCUT2D eigenvalue weighted by molar-refractivity contribution is -0.126. The third-order valence-corrected chi connectivity index (χ3v) is 0.0962. The van der Waals surface area contributed by atoms with Gasteiger partial charge in [-0.15, -0.1) is 0 Å². The number of hydrogen-bond acceptors (Lipinski definition) is 4. The van der Waals surface area contributed by atoms with Gasteiger partial charge in [0.1, 0.15) is 0 Å². The molecule has 0 aliphatic carbocycles. The van der Waals surface area contributed by atoms with Crippen LogP contribution in [0.1, 0.15) is 0 Å². The largest absolute Gasteiger partial charge is 0.471 e. The maximum atomic E-state index is 8.95. The Morgan fingerprint density at radius 3 is 1.67 bits per heavy atom. The molecule has 0 saturated carbocycles. The van der Waals surface area contributed by atoms with E-state index in [1.807, 2.05) is 0 Å². The Morgan fingerprint density at radius 2 is 1.67 bits per heavy atom. The standard InChI is InChI=1S/C2H4O2.2H3N/c1-4-2-3;;/h2H,1H3;2*1H3. The lowest BCUT2D eigenvalue weighted by Gasteiger charge is -1.67. The number of ether oxygens (including phenoxy) is 1. The second kappa shape index (κ2) is 26.1. The van der Waals surface area contributed by atoms with Gasteiger partial charge < -0.3 is 17.0 Å². The van der Waals surface area contributed by atoms with E-state index in [1.54, 1.807) is 0 Å². The molecule has 0 aromatic heterocycles. The van der Waals surface area contributed by atoms with Crippen molar-refractivity contribution in [1.82, 2.24) is 12.3 Å². The molecule has 0 radical (unpaired) electrons. The highest BCUT2D eigenvalue weighted by Gasteiger charge is 1.44. The van der Waals surface area contributed by atoms with Gasteiger partial charge in [0.15, 0.2) is 0 Å². The van der Waals surface area contributed by atoms with Crippen molar-refractivity contribution < 1.29 is 9.53 Å². The molecule has 0 bridgehead atoms. The van der Waals surface area contributed by atoms with E-state index in [-0.39, 0.29) is 12.3 Å². The molecule has 0 heterocycles. The molecule has 6 N–H and O–H groups in total. The van der Waals surface area contributed by atoms with Gasteiger partial charge in [0.2, 0.25) is 0 Å². The van der Waals surface area contributed by atoms with Crippen LogP contribution in [0.15, 0.2) is 0 Å². The summed E-state index contributed by atoms with van der Waals surface area (Å²) in [6.07, 6.45) is 0. The van der Waals surface area contributed by atoms with Crippen molar-refractivity contribution in [3.63, 3.8) is 0 Å². The van der Waals surface area contributed by atoms with Crippen LogP contribution in [0.2, 0.25) is 0 Å². The first-order valence-electron chi connectivity index (χ1n) is 0.880. The van der Waals surface area contributed by atoms with Crippen LogP contribution in [0.25, 0.3) is 0 Å². The molecule has 4 nitrogen and oxygen atoms in total. The highest BCUT2D eigenvalue weighted by atomic mass is 16.5. The molecule has 0 aromatic carbocycles. The zero-order valence-corrected chi connectivity index (χ0v) is 3.81. The van der Waals surface area contributed by atoms with Crippen molar-refractivity contribution in [2.45, 2.75) is 0 Å². The second-order valence-corrected chi connectivity index (χ2v) is 0.332. The van der Waals surface area contributed by atoms with E-state index in [2.05, 4.69) is 4.74 Å². The van der Waals surface area contributed by atoms with E-state index in [4.69, 9.17) is 4.79 Å². The number of carbonyl (C=O) groups is 1. The van der Waals surface area contributed by atoms with E-state index in [9.17, 15) is 0 Å². The minimum absolute atomic E-state index is 0. The summed E-state index contributed by atoms with van der Waals surface area (Å²) in [4.78, 5) is 8.95. The molecule has 0 unspecified atom stereocenters. The highest BCUT2D eigenvalue weighted by Crippen LogP contribution is 1.35. The quantitative estimate of drug-likeness (QED) is 0.451. The topological polar surface area (TPSA) is 96.3 Å². The van der Waals surface area contributed by atoms with Crippen LogP contribution in [-0.2, 0) is 9.53 Å². The SMILES string of the molecule is COC=O.N.N. The van der Waals surface area contributed by atoms with Crippen molar-refractivity contribution in [2.75, 3.05) is 7.11 Å². The van der Waals surface area contributed by atoms with Gasteiger partial charge in [-0.05, 0) is 0 Å². The maximum absolute atomic E-state index is 8.95. The third kappa shape index (κ3) is 127. The molecule has 0 atom stereocenters. The Morgan fingerprint density at radius 1 is 1.50 bits per heavy atom. The second-order valence-electron chi connectivity index (χ2n) is 0.332.